The Kier molecular flexibility index (Phi) is 5.26. The summed E-state index contributed by atoms with van der Waals surface area (Å²) in [5.41, 5.74) is 6.57. The number of nitrogens with one attached hydrogen (secondary N) is 2. The molecular weight excluding hydrogens is 530 g/mol. The van der Waals surface area contributed by atoms with Crippen LogP contribution in [0.3, 0.4) is 0 Å². The molecule has 5 heterocycles. The third-order valence-electron chi connectivity index (χ3n) is 9.36. The fraction of sp³-hybridized carbons (Fsp3) is 0.303. The molecule has 0 bridgehead atoms. The number of hydrogen-bond donors (Lipinski definition) is 2. The number of fused-ring (bicyclic) bond motifs is 4. The molecule has 4 aliphatic rings. The normalized spacial score (nSPS) is 23.0. The van der Waals surface area contributed by atoms with Crippen molar-refractivity contribution in [1.82, 2.24) is 9.97 Å². The average molecular weight is 560 g/mol. The van der Waals surface area contributed by atoms with E-state index in [1.807, 2.05) is 30.3 Å². The van der Waals surface area contributed by atoms with Gasteiger partial charge in [0.05, 0.1) is 36.2 Å². The number of esters is 1. The van der Waals surface area contributed by atoms with E-state index in [0.29, 0.717) is 38.4 Å². The number of pyridine rings is 2. The lowest BCUT2D eigenvalue weighted by Gasteiger charge is -2.33. The number of nitrogens with zero attached hydrogens (tertiary/aromatic N) is 3. The number of benzene rings is 2. The van der Waals surface area contributed by atoms with Gasteiger partial charge in [-0.05, 0) is 67.3 Å². The lowest BCUT2D eigenvalue weighted by atomic mass is 9.73. The smallest absolute Gasteiger partial charge is 0.306 e. The highest BCUT2D eigenvalue weighted by Gasteiger charge is 2.52. The second-order valence-corrected chi connectivity index (χ2v) is 11.9. The van der Waals surface area contributed by atoms with Crippen LogP contribution in [-0.2, 0) is 49.3 Å². The van der Waals surface area contributed by atoms with E-state index < -0.39 is 10.8 Å². The lowest BCUT2D eigenvalue weighted by Crippen LogP contribution is -2.42. The molecule has 0 fully saturated rings. The molecule has 1 spiro atoms. The summed E-state index contributed by atoms with van der Waals surface area (Å²) < 4.78 is 5.31. The molecule has 210 valence electrons. The molecule has 9 heteroatoms. The van der Waals surface area contributed by atoms with Crippen LogP contribution in [0.15, 0.2) is 60.8 Å². The molecule has 8 rings (SSSR count). The first-order valence-corrected chi connectivity index (χ1v) is 14.4. The van der Waals surface area contributed by atoms with Gasteiger partial charge in [0.2, 0.25) is 11.8 Å². The summed E-state index contributed by atoms with van der Waals surface area (Å²) in [6.07, 6.45) is 3.36. The van der Waals surface area contributed by atoms with E-state index in [2.05, 4.69) is 44.8 Å². The molecule has 0 saturated heterocycles. The van der Waals surface area contributed by atoms with E-state index >= 15 is 0 Å². The van der Waals surface area contributed by atoms with Crippen LogP contribution >= 0.6 is 0 Å². The van der Waals surface area contributed by atoms with E-state index in [-0.39, 0.29) is 30.6 Å². The van der Waals surface area contributed by atoms with Gasteiger partial charge in [0, 0.05) is 52.5 Å². The fourth-order valence-electron chi connectivity index (χ4n) is 7.70. The summed E-state index contributed by atoms with van der Waals surface area (Å²) in [6, 6.07) is 18.2. The minimum absolute atomic E-state index is 0.00815. The Morgan fingerprint density at radius 3 is 2.74 bits per heavy atom. The Bertz CT molecular complexity index is 1850. The van der Waals surface area contributed by atoms with Crippen LogP contribution in [0.1, 0.15) is 47.7 Å². The van der Waals surface area contributed by atoms with E-state index in [1.54, 1.807) is 13.1 Å². The zero-order valence-electron chi connectivity index (χ0n) is 23.2. The van der Waals surface area contributed by atoms with Crippen LogP contribution in [-0.4, -0.2) is 40.9 Å². The summed E-state index contributed by atoms with van der Waals surface area (Å²) in [6.45, 7) is 3.16. The number of anilines is 3. The molecule has 1 aliphatic carbocycles. The first-order valence-electron chi connectivity index (χ1n) is 14.4. The Balaban J connectivity index is 1.12. The van der Waals surface area contributed by atoms with Crippen LogP contribution in [0.5, 0.6) is 0 Å². The molecule has 2 N–H and O–H groups in total. The van der Waals surface area contributed by atoms with Gasteiger partial charge in [-0.2, -0.15) is 0 Å². The van der Waals surface area contributed by atoms with Crippen LogP contribution in [0.4, 0.5) is 17.2 Å². The zero-order valence-corrected chi connectivity index (χ0v) is 23.2. The second-order valence-electron chi connectivity index (χ2n) is 11.9. The summed E-state index contributed by atoms with van der Waals surface area (Å²) >= 11 is 0. The maximum atomic E-state index is 13.2. The topological polar surface area (TPSA) is 114 Å². The molecule has 1 unspecified atom stereocenters. The van der Waals surface area contributed by atoms with Crippen LogP contribution in [0, 0.1) is 0 Å². The summed E-state index contributed by atoms with van der Waals surface area (Å²) in [4.78, 5) is 50.2. The molecule has 42 heavy (non-hydrogen) atoms. The summed E-state index contributed by atoms with van der Waals surface area (Å²) in [5, 5.41) is 7.01. The van der Waals surface area contributed by atoms with Gasteiger partial charge in [-0.1, -0.05) is 18.2 Å². The number of hydrogen-bond acceptors (Lipinski definition) is 7. The predicted molar refractivity (Wildman–Crippen MR) is 157 cm³/mol. The van der Waals surface area contributed by atoms with Crippen molar-refractivity contribution in [1.29, 1.82) is 0 Å². The molecule has 9 nitrogen and oxygen atoms in total. The standard InChI is InChI=1S/C33H29N5O4/c1-2-42-28(40)16-32-15-27(39)36-24-6-3-7-26(29(24)32)38(18-32)17-22-9-8-19-11-20-13-33(14-21(20)12-25(19)35-22)23-5-4-10-34-30(23)37-31(33)41/h3-12H,2,13-18H2,1H3,(H,36,39)(H,34,37,41)/t32?,33-/m1/s1. The van der Waals surface area contributed by atoms with Crippen molar-refractivity contribution in [2.45, 2.75) is 50.0 Å². The minimum Gasteiger partial charge on any atom is -0.466 e. The summed E-state index contributed by atoms with van der Waals surface area (Å²) in [7, 11) is 0. The average Bonchev–Trinajstić information content (AvgIpc) is 3.57. The van der Waals surface area contributed by atoms with Gasteiger partial charge in [0.25, 0.3) is 0 Å². The first-order chi connectivity index (χ1) is 20.4. The van der Waals surface area contributed by atoms with Crippen molar-refractivity contribution in [2.24, 2.45) is 0 Å². The Hall–Kier alpha value is -4.79. The van der Waals surface area contributed by atoms with Crippen LogP contribution in [0.2, 0.25) is 0 Å². The molecule has 0 saturated carbocycles. The number of carbonyl (C=O) groups is 3. The third-order valence-corrected chi connectivity index (χ3v) is 9.36. The van der Waals surface area contributed by atoms with Crippen molar-refractivity contribution in [3.05, 3.63) is 88.7 Å². The highest BCUT2D eigenvalue weighted by molar-refractivity contribution is 6.06. The largest absolute Gasteiger partial charge is 0.466 e. The van der Waals surface area contributed by atoms with Crippen molar-refractivity contribution in [3.63, 3.8) is 0 Å². The zero-order chi connectivity index (χ0) is 28.6. The molecule has 2 atom stereocenters. The number of aromatic nitrogens is 2. The monoisotopic (exact) mass is 559 g/mol. The maximum Gasteiger partial charge on any atom is 0.306 e. The minimum atomic E-state index is -0.639. The van der Waals surface area contributed by atoms with Crippen molar-refractivity contribution >= 4 is 45.9 Å². The fourth-order valence-corrected chi connectivity index (χ4v) is 7.70. The second kappa shape index (κ2) is 8.85. The maximum absolute atomic E-state index is 13.2. The van der Waals surface area contributed by atoms with Crippen LogP contribution < -0.4 is 15.5 Å². The molecule has 4 aromatic rings. The van der Waals surface area contributed by atoms with Gasteiger partial charge < -0.3 is 20.3 Å². The van der Waals surface area contributed by atoms with Gasteiger partial charge in [-0.25, -0.2) is 4.98 Å². The quantitative estimate of drug-likeness (QED) is 0.353. The molecule has 2 aromatic heterocycles. The van der Waals surface area contributed by atoms with E-state index in [0.717, 1.165) is 44.7 Å². The highest BCUT2D eigenvalue weighted by Crippen LogP contribution is 2.52. The highest BCUT2D eigenvalue weighted by atomic mass is 16.5. The third kappa shape index (κ3) is 3.59. The van der Waals surface area contributed by atoms with Gasteiger partial charge in [0.15, 0.2) is 0 Å². The number of amides is 2. The molecule has 2 aromatic carbocycles. The Morgan fingerprint density at radius 2 is 1.88 bits per heavy atom. The predicted octanol–water partition coefficient (Wildman–Crippen LogP) is 4.17. The number of ether oxygens (including phenoxy) is 1. The van der Waals surface area contributed by atoms with Gasteiger partial charge in [0.1, 0.15) is 5.82 Å². The molecule has 3 aliphatic heterocycles. The van der Waals surface area contributed by atoms with Gasteiger partial charge >= 0.3 is 5.97 Å². The summed E-state index contributed by atoms with van der Waals surface area (Å²) in [5.74, 6) is 0.290. The van der Waals surface area contributed by atoms with Crippen molar-refractivity contribution in [3.8, 4) is 0 Å². The molecule has 2 amide bonds. The Labute approximate surface area is 242 Å². The van der Waals surface area contributed by atoms with E-state index in [4.69, 9.17) is 9.72 Å². The van der Waals surface area contributed by atoms with Crippen LogP contribution in [0.25, 0.3) is 10.9 Å². The number of rotatable bonds is 5. The SMILES string of the molecule is CCOC(=O)CC12CC(=O)Nc3cccc(c31)N(Cc1ccc3cc4c(cc3n1)C[C@@]1(C4)C(=O)Nc3ncccc31)C2. The Morgan fingerprint density at radius 1 is 1.02 bits per heavy atom. The lowest BCUT2D eigenvalue weighted by molar-refractivity contribution is -0.144. The molecule has 0 radical (unpaired) electrons. The van der Waals surface area contributed by atoms with Crippen molar-refractivity contribution in [2.75, 3.05) is 28.7 Å². The number of carbonyl (C=O) groups excluding carboxylic acids is 3. The molecular formula is C33H29N5O4. The van der Waals surface area contributed by atoms with Crippen molar-refractivity contribution < 1.29 is 19.1 Å². The van der Waals surface area contributed by atoms with E-state index in [9.17, 15) is 14.4 Å². The first kappa shape index (κ1) is 25.0. The van der Waals surface area contributed by atoms with E-state index in [1.165, 1.54) is 5.56 Å². The van der Waals surface area contributed by atoms with Gasteiger partial charge in [-0.15, -0.1) is 0 Å². The van der Waals surface area contributed by atoms with Gasteiger partial charge in [-0.3, -0.25) is 19.4 Å².